The highest BCUT2D eigenvalue weighted by Gasteiger charge is 2.22. The molecule has 0 atom stereocenters. The van der Waals surface area contributed by atoms with Crippen molar-refractivity contribution in [2.24, 2.45) is 0 Å². The Morgan fingerprint density at radius 2 is 1.94 bits per heavy atom. The highest BCUT2D eigenvalue weighted by atomic mass is 35.5. The minimum Gasteiger partial charge on any atom is -0.475 e. The molecule has 0 spiro atoms. The van der Waals surface area contributed by atoms with Gasteiger partial charge in [-0.25, -0.2) is 9.18 Å². The van der Waals surface area contributed by atoms with E-state index < -0.39 is 23.1 Å². The van der Waals surface area contributed by atoms with E-state index in [4.69, 9.17) is 16.7 Å². The third-order valence-corrected chi connectivity index (χ3v) is 2.43. The molecule has 0 saturated carbocycles. The summed E-state index contributed by atoms with van der Waals surface area (Å²) < 4.78 is 13.4. The van der Waals surface area contributed by atoms with Gasteiger partial charge in [-0.15, -0.1) is 0 Å². The molecule has 1 aromatic rings. The molecule has 86 valence electrons. The topological polar surface area (TPSA) is 54.4 Å². The van der Waals surface area contributed by atoms with Crippen LogP contribution in [0, 0.1) is 5.82 Å². The third kappa shape index (κ3) is 2.39. The maximum Gasteiger partial charge on any atom is 0.377 e. The van der Waals surface area contributed by atoms with Gasteiger partial charge in [0.15, 0.2) is 5.82 Å². The molecule has 1 aromatic carbocycles. The molecule has 1 N–H and O–H groups in total. The van der Waals surface area contributed by atoms with E-state index in [0.29, 0.717) is 5.56 Å². The Bertz CT molecular complexity index is 455. The summed E-state index contributed by atoms with van der Waals surface area (Å²) in [7, 11) is 0. The fourth-order valence-electron chi connectivity index (χ4n) is 1.22. The molecule has 0 fully saturated rings. The highest BCUT2D eigenvalue weighted by molar-refractivity contribution is 6.40. The van der Waals surface area contributed by atoms with Gasteiger partial charge in [-0.2, -0.15) is 0 Å². The predicted octanol–water partition coefficient (Wildman–Crippen LogP) is 2.87. The number of hydrogen-bond acceptors (Lipinski definition) is 2. The van der Waals surface area contributed by atoms with Crippen LogP contribution in [0.1, 0.15) is 35.7 Å². The lowest BCUT2D eigenvalue weighted by atomic mass is 9.99. The standard InChI is InChI=1S/C11H10ClFO3/c1-5(2)6-3-7(10(14)11(15)16)9(13)8(12)4-6/h3-5H,1-2H3,(H,15,16). The van der Waals surface area contributed by atoms with E-state index in [2.05, 4.69) is 0 Å². The van der Waals surface area contributed by atoms with Gasteiger partial charge in [0.25, 0.3) is 5.78 Å². The van der Waals surface area contributed by atoms with Crippen LogP contribution in [0.4, 0.5) is 4.39 Å². The molecule has 0 aliphatic carbocycles. The molecule has 0 unspecified atom stereocenters. The maximum atomic E-state index is 13.4. The molecule has 0 bridgehead atoms. The first kappa shape index (κ1) is 12.6. The number of carboxylic acid groups (broad SMARTS) is 1. The number of hydrogen-bond donors (Lipinski definition) is 1. The quantitative estimate of drug-likeness (QED) is 0.657. The number of benzene rings is 1. The normalized spacial score (nSPS) is 10.6. The van der Waals surface area contributed by atoms with Crippen molar-refractivity contribution in [3.8, 4) is 0 Å². The van der Waals surface area contributed by atoms with Gasteiger partial charge >= 0.3 is 5.97 Å². The summed E-state index contributed by atoms with van der Waals surface area (Å²) in [6.45, 7) is 3.66. The molecule has 0 saturated heterocycles. The summed E-state index contributed by atoms with van der Waals surface area (Å²) in [5.41, 5.74) is 0.125. The number of ketones is 1. The minimum atomic E-state index is -1.70. The van der Waals surface area contributed by atoms with E-state index in [1.165, 1.54) is 12.1 Å². The molecule has 0 amide bonds. The molecule has 1 rings (SSSR count). The summed E-state index contributed by atoms with van der Waals surface area (Å²) in [5.74, 6) is -3.95. The molecular weight excluding hydrogens is 235 g/mol. The molecule has 0 heterocycles. The molecule has 5 heteroatoms. The smallest absolute Gasteiger partial charge is 0.377 e. The maximum absolute atomic E-state index is 13.4. The van der Waals surface area contributed by atoms with Crippen molar-refractivity contribution >= 4 is 23.4 Å². The Hall–Kier alpha value is -1.42. The van der Waals surface area contributed by atoms with Crippen molar-refractivity contribution in [2.75, 3.05) is 0 Å². The van der Waals surface area contributed by atoms with Crippen LogP contribution in [0.3, 0.4) is 0 Å². The highest BCUT2D eigenvalue weighted by Crippen LogP contribution is 2.25. The average molecular weight is 245 g/mol. The van der Waals surface area contributed by atoms with Crippen LogP contribution in [0.15, 0.2) is 12.1 Å². The number of carbonyl (C=O) groups is 2. The van der Waals surface area contributed by atoms with Crippen LogP contribution in [-0.2, 0) is 4.79 Å². The van der Waals surface area contributed by atoms with Crippen LogP contribution >= 0.6 is 11.6 Å². The first-order valence-electron chi connectivity index (χ1n) is 4.61. The first-order chi connectivity index (χ1) is 7.34. The number of rotatable bonds is 3. The summed E-state index contributed by atoms with van der Waals surface area (Å²) in [4.78, 5) is 21.7. The Balaban J connectivity index is 3.38. The molecule has 3 nitrogen and oxygen atoms in total. The number of Topliss-reactive ketones (excluding diaryl/α,β-unsaturated/α-hetero) is 1. The van der Waals surface area contributed by atoms with E-state index >= 15 is 0 Å². The summed E-state index contributed by atoms with van der Waals surface area (Å²) in [5, 5.41) is 8.28. The summed E-state index contributed by atoms with van der Waals surface area (Å²) in [6, 6.07) is 2.61. The Morgan fingerprint density at radius 1 is 1.38 bits per heavy atom. The third-order valence-electron chi connectivity index (χ3n) is 2.16. The summed E-state index contributed by atoms with van der Waals surface area (Å²) >= 11 is 5.59. The average Bonchev–Trinajstić information content (AvgIpc) is 2.20. The zero-order valence-corrected chi connectivity index (χ0v) is 9.51. The monoisotopic (exact) mass is 244 g/mol. The van der Waals surface area contributed by atoms with E-state index in [9.17, 15) is 14.0 Å². The van der Waals surface area contributed by atoms with Gasteiger partial charge in [0.1, 0.15) is 0 Å². The predicted molar refractivity (Wildman–Crippen MR) is 57.5 cm³/mol. The van der Waals surface area contributed by atoms with Crippen LogP contribution in [0.2, 0.25) is 5.02 Å². The zero-order valence-electron chi connectivity index (χ0n) is 8.75. The molecule has 0 aliphatic rings. The van der Waals surface area contributed by atoms with E-state index in [0.717, 1.165) is 0 Å². The fourth-order valence-corrected chi connectivity index (χ4v) is 1.45. The van der Waals surface area contributed by atoms with Crippen molar-refractivity contribution in [3.63, 3.8) is 0 Å². The molecule has 0 radical (unpaired) electrons. The molecule has 0 aliphatic heterocycles. The van der Waals surface area contributed by atoms with Gasteiger partial charge in [-0.1, -0.05) is 25.4 Å². The van der Waals surface area contributed by atoms with Gasteiger partial charge in [0.2, 0.25) is 0 Å². The van der Waals surface area contributed by atoms with Crippen LogP contribution < -0.4 is 0 Å². The Morgan fingerprint density at radius 3 is 2.38 bits per heavy atom. The Labute approximate surface area is 96.8 Å². The summed E-state index contributed by atoms with van der Waals surface area (Å²) in [6.07, 6.45) is 0. The second-order valence-electron chi connectivity index (χ2n) is 3.65. The SMILES string of the molecule is CC(C)c1cc(Cl)c(F)c(C(=O)C(=O)O)c1. The van der Waals surface area contributed by atoms with E-state index in [1.54, 1.807) is 0 Å². The number of carboxylic acids is 1. The van der Waals surface area contributed by atoms with Crippen molar-refractivity contribution in [1.82, 2.24) is 0 Å². The number of halogens is 2. The number of aliphatic carboxylic acids is 1. The molecule has 16 heavy (non-hydrogen) atoms. The van der Waals surface area contributed by atoms with E-state index in [-0.39, 0.29) is 10.9 Å². The van der Waals surface area contributed by atoms with Crippen LogP contribution in [0.5, 0.6) is 0 Å². The lowest BCUT2D eigenvalue weighted by molar-refractivity contribution is -0.131. The van der Waals surface area contributed by atoms with Gasteiger partial charge < -0.3 is 5.11 Å². The van der Waals surface area contributed by atoms with Crippen molar-refractivity contribution in [3.05, 3.63) is 34.1 Å². The largest absolute Gasteiger partial charge is 0.475 e. The fraction of sp³-hybridized carbons (Fsp3) is 0.273. The van der Waals surface area contributed by atoms with Crippen molar-refractivity contribution in [2.45, 2.75) is 19.8 Å². The van der Waals surface area contributed by atoms with E-state index in [1.807, 2.05) is 13.8 Å². The van der Waals surface area contributed by atoms with Crippen molar-refractivity contribution in [1.29, 1.82) is 0 Å². The lowest BCUT2D eigenvalue weighted by Crippen LogP contribution is -2.15. The Kier molecular flexibility index (Phi) is 3.65. The molecule has 0 aromatic heterocycles. The van der Waals surface area contributed by atoms with Gasteiger partial charge in [-0.05, 0) is 23.6 Å². The number of carbonyl (C=O) groups excluding carboxylic acids is 1. The second kappa shape index (κ2) is 4.61. The van der Waals surface area contributed by atoms with Gasteiger partial charge in [0, 0.05) is 0 Å². The first-order valence-corrected chi connectivity index (χ1v) is 4.99. The van der Waals surface area contributed by atoms with Crippen LogP contribution in [-0.4, -0.2) is 16.9 Å². The zero-order chi connectivity index (χ0) is 12.5. The van der Waals surface area contributed by atoms with Gasteiger partial charge in [-0.3, -0.25) is 4.79 Å². The minimum absolute atomic E-state index is 0.0263. The van der Waals surface area contributed by atoms with Crippen molar-refractivity contribution < 1.29 is 19.1 Å². The lowest BCUT2D eigenvalue weighted by Gasteiger charge is -2.09. The molecular formula is C11H10ClFO3. The second-order valence-corrected chi connectivity index (χ2v) is 4.06. The van der Waals surface area contributed by atoms with Gasteiger partial charge in [0.05, 0.1) is 10.6 Å². The van der Waals surface area contributed by atoms with Crippen LogP contribution in [0.25, 0.3) is 0 Å².